The van der Waals surface area contributed by atoms with Crippen LogP contribution in [0.3, 0.4) is 0 Å². The van der Waals surface area contributed by atoms with Gasteiger partial charge in [0.2, 0.25) is 0 Å². The van der Waals surface area contributed by atoms with Gasteiger partial charge in [-0.25, -0.2) is 0 Å². The molecule has 2 N–H and O–H groups in total. The van der Waals surface area contributed by atoms with Gasteiger partial charge in [0.15, 0.2) is 0 Å². The highest BCUT2D eigenvalue weighted by Crippen LogP contribution is 2.12. The SMILES string of the molecule is CC(C)CNC(=O)/C(C#N)=C/c1ccc(O)cc1. The average molecular weight is 244 g/mol. The van der Waals surface area contributed by atoms with E-state index in [2.05, 4.69) is 5.32 Å². The Morgan fingerprint density at radius 1 is 1.44 bits per heavy atom. The Bertz CT molecular complexity index is 482. The second kappa shape index (κ2) is 6.45. The van der Waals surface area contributed by atoms with Crippen molar-refractivity contribution in [3.63, 3.8) is 0 Å². The van der Waals surface area contributed by atoms with E-state index in [1.165, 1.54) is 18.2 Å². The number of aromatic hydroxyl groups is 1. The molecule has 0 aliphatic heterocycles. The van der Waals surface area contributed by atoms with Crippen LogP contribution in [-0.4, -0.2) is 17.6 Å². The quantitative estimate of drug-likeness (QED) is 0.629. The molecule has 1 aromatic carbocycles. The van der Waals surface area contributed by atoms with E-state index in [1.54, 1.807) is 12.1 Å². The van der Waals surface area contributed by atoms with Gasteiger partial charge < -0.3 is 10.4 Å². The highest BCUT2D eigenvalue weighted by atomic mass is 16.3. The number of phenolic OH excluding ortho intramolecular Hbond substituents is 1. The third kappa shape index (κ3) is 4.30. The van der Waals surface area contributed by atoms with Gasteiger partial charge in [0.1, 0.15) is 17.4 Å². The fraction of sp³-hybridized carbons (Fsp3) is 0.286. The number of phenols is 1. The van der Waals surface area contributed by atoms with E-state index in [9.17, 15) is 4.79 Å². The summed E-state index contributed by atoms with van der Waals surface area (Å²) >= 11 is 0. The highest BCUT2D eigenvalue weighted by molar-refractivity contribution is 6.01. The van der Waals surface area contributed by atoms with Gasteiger partial charge in [0, 0.05) is 6.54 Å². The van der Waals surface area contributed by atoms with Crippen molar-refractivity contribution < 1.29 is 9.90 Å². The summed E-state index contributed by atoms with van der Waals surface area (Å²) < 4.78 is 0. The van der Waals surface area contributed by atoms with Crippen LogP contribution < -0.4 is 5.32 Å². The lowest BCUT2D eigenvalue weighted by molar-refractivity contribution is -0.117. The van der Waals surface area contributed by atoms with Gasteiger partial charge in [-0.15, -0.1) is 0 Å². The number of amides is 1. The van der Waals surface area contributed by atoms with Crippen molar-refractivity contribution >= 4 is 12.0 Å². The summed E-state index contributed by atoms with van der Waals surface area (Å²) in [5, 5.41) is 20.8. The maximum atomic E-state index is 11.7. The van der Waals surface area contributed by atoms with Crippen molar-refractivity contribution in [1.82, 2.24) is 5.32 Å². The number of nitriles is 1. The molecule has 0 bridgehead atoms. The molecule has 0 fully saturated rings. The molecule has 0 aromatic heterocycles. The summed E-state index contributed by atoms with van der Waals surface area (Å²) in [7, 11) is 0. The zero-order valence-corrected chi connectivity index (χ0v) is 10.5. The lowest BCUT2D eigenvalue weighted by Gasteiger charge is -2.06. The van der Waals surface area contributed by atoms with Gasteiger partial charge in [-0.3, -0.25) is 4.79 Å². The van der Waals surface area contributed by atoms with Gasteiger partial charge in [0.25, 0.3) is 5.91 Å². The van der Waals surface area contributed by atoms with E-state index in [4.69, 9.17) is 10.4 Å². The van der Waals surface area contributed by atoms with E-state index >= 15 is 0 Å². The molecule has 0 heterocycles. The topological polar surface area (TPSA) is 73.1 Å². The van der Waals surface area contributed by atoms with Gasteiger partial charge in [-0.2, -0.15) is 5.26 Å². The summed E-state index contributed by atoms with van der Waals surface area (Å²) in [6.45, 7) is 4.50. The molecule has 0 saturated heterocycles. The minimum Gasteiger partial charge on any atom is -0.508 e. The molecule has 0 aliphatic carbocycles. The van der Waals surface area contributed by atoms with Crippen LogP contribution in [0.2, 0.25) is 0 Å². The van der Waals surface area contributed by atoms with Crippen molar-refractivity contribution in [2.24, 2.45) is 5.92 Å². The number of rotatable bonds is 4. The molecule has 4 heteroatoms. The molecule has 1 amide bonds. The predicted molar refractivity (Wildman–Crippen MR) is 69.5 cm³/mol. The summed E-state index contributed by atoms with van der Waals surface area (Å²) in [4.78, 5) is 11.7. The molecule has 0 aliphatic rings. The second-order valence-electron chi connectivity index (χ2n) is 4.37. The lowest BCUT2D eigenvalue weighted by atomic mass is 10.1. The van der Waals surface area contributed by atoms with E-state index in [1.807, 2.05) is 19.9 Å². The first-order valence-electron chi connectivity index (χ1n) is 5.72. The molecule has 0 atom stereocenters. The van der Waals surface area contributed by atoms with Crippen LogP contribution in [0, 0.1) is 17.2 Å². The van der Waals surface area contributed by atoms with Crippen molar-refractivity contribution in [1.29, 1.82) is 5.26 Å². The predicted octanol–water partition coefficient (Wildman–Crippen LogP) is 2.07. The Kier molecular flexibility index (Phi) is 4.94. The molecule has 0 radical (unpaired) electrons. The lowest BCUT2D eigenvalue weighted by Crippen LogP contribution is -2.28. The average Bonchev–Trinajstić information content (AvgIpc) is 2.35. The van der Waals surface area contributed by atoms with Crippen LogP contribution >= 0.6 is 0 Å². The third-order valence-electron chi connectivity index (χ3n) is 2.24. The molecule has 0 spiro atoms. The number of carbonyl (C=O) groups is 1. The number of carbonyl (C=O) groups excluding carboxylic acids is 1. The molecule has 4 nitrogen and oxygen atoms in total. The summed E-state index contributed by atoms with van der Waals surface area (Å²) in [5.74, 6) is 0.108. The van der Waals surface area contributed by atoms with Crippen LogP contribution in [0.25, 0.3) is 6.08 Å². The smallest absolute Gasteiger partial charge is 0.261 e. The fourth-order valence-corrected chi connectivity index (χ4v) is 1.28. The number of benzene rings is 1. The van der Waals surface area contributed by atoms with Crippen LogP contribution in [0.5, 0.6) is 5.75 Å². The standard InChI is InChI=1S/C14H16N2O2/c1-10(2)9-16-14(18)12(8-15)7-11-3-5-13(17)6-4-11/h3-7,10,17H,9H2,1-2H3,(H,16,18)/b12-7+. The van der Waals surface area contributed by atoms with Gasteiger partial charge in [-0.1, -0.05) is 26.0 Å². The normalized spacial score (nSPS) is 11.1. The minimum absolute atomic E-state index is 0.0568. The summed E-state index contributed by atoms with van der Waals surface area (Å²) in [5.41, 5.74) is 0.755. The molecule has 0 saturated carbocycles. The zero-order chi connectivity index (χ0) is 13.5. The molecule has 1 rings (SSSR count). The molecular weight excluding hydrogens is 228 g/mol. The maximum Gasteiger partial charge on any atom is 0.261 e. The molecule has 1 aromatic rings. The van der Waals surface area contributed by atoms with Crippen molar-refractivity contribution in [3.8, 4) is 11.8 Å². The van der Waals surface area contributed by atoms with E-state index in [0.717, 1.165) is 0 Å². The fourth-order valence-electron chi connectivity index (χ4n) is 1.28. The van der Waals surface area contributed by atoms with Crippen molar-refractivity contribution in [2.45, 2.75) is 13.8 Å². The van der Waals surface area contributed by atoms with Crippen LogP contribution in [0.4, 0.5) is 0 Å². The van der Waals surface area contributed by atoms with Crippen LogP contribution in [-0.2, 0) is 4.79 Å². The van der Waals surface area contributed by atoms with E-state index in [0.29, 0.717) is 18.0 Å². The number of hydrogen-bond donors (Lipinski definition) is 2. The maximum absolute atomic E-state index is 11.7. The van der Waals surface area contributed by atoms with Gasteiger partial charge >= 0.3 is 0 Å². The Balaban J connectivity index is 2.80. The molecule has 0 unspecified atom stereocenters. The van der Waals surface area contributed by atoms with E-state index in [-0.39, 0.29) is 17.2 Å². The molecule has 18 heavy (non-hydrogen) atoms. The van der Waals surface area contributed by atoms with Gasteiger partial charge in [-0.05, 0) is 29.7 Å². The Morgan fingerprint density at radius 2 is 2.06 bits per heavy atom. The van der Waals surface area contributed by atoms with Crippen LogP contribution in [0.15, 0.2) is 29.8 Å². The summed E-state index contributed by atoms with van der Waals surface area (Å²) in [6, 6.07) is 8.17. The minimum atomic E-state index is -0.376. The first kappa shape index (κ1) is 13.8. The Labute approximate surface area is 107 Å². The highest BCUT2D eigenvalue weighted by Gasteiger charge is 2.08. The number of nitrogens with one attached hydrogen (secondary N) is 1. The Hall–Kier alpha value is -2.28. The Morgan fingerprint density at radius 3 is 2.56 bits per heavy atom. The largest absolute Gasteiger partial charge is 0.508 e. The third-order valence-corrected chi connectivity index (χ3v) is 2.24. The molecule has 94 valence electrons. The van der Waals surface area contributed by atoms with E-state index < -0.39 is 0 Å². The summed E-state index contributed by atoms with van der Waals surface area (Å²) in [6.07, 6.45) is 1.50. The number of hydrogen-bond acceptors (Lipinski definition) is 3. The van der Waals surface area contributed by atoms with Crippen molar-refractivity contribution in [3.05, 3.63) is 35.4 Å². The molecular formula is C14H16N2O2. The first-order chi connectivity index (χ1) is 8.52. The second-order valence-corrected chi connectivity index (χ2v) is 4.37. The monoisotopic (exact) mass is 244 g/mol. The number of nitrogens with zero attached hydrogens (tertiary/aromatic N) is 1. The first-order valence-corrected chi connectivity index (χ1v) is 5.72. The van der Waals surface area contributed by atoms with Crippen LogP contribution in [0.1, 0.15) is 19.4 Å². The zero-order valence-electron chi connectivity index (χ0n) is 10.5. The van der Waals surface area contributed by atoms with Crippen molar-refractivity contribution in [2.75, 3.05) is 6.54 Å². The van der Waals surface area contributed by atoms with Gasteiger partial charge in [0.05, 0.1) is 0 Å².